The van der Waals surface area contributed by atoms with Crippen molar-refractivity contribution in [1.29, 1.82) is 0 Å². The summed E-state index contributed by atoms with van der Waals surface area (Å²) in [6, 6.07) is 6.18. The van der Waals surface area contributed by atoms with Gasteiger partial charge in [-0.05, 0) is 39.3 Å². The van der Waals surface area contributed by atoms with Crippen LogP contribution in [0, 0.1) is 20.8 Å². The Morgan fingerprint density at radius 2 is 2.00 bits per heavy atom. The van der Waals surface area contributed by atoms with Crippen LogP contribution in [-0.4, -0.2) is 4.98 Å². The first-order valence-electron chi connectivity index (χ1n) is 5.94. The zero-order chi connectivity index (χ0) is 13.3. The largest absolute Gasteiger partial charge is 0.376 e. The third-order valence-corrected chi connectivity index (χ3v) is 4.32. The molecule has 1 heterocycles. The van der Waals surface area contributed by atoms with Crippen LogP contribution in [0.15, 0.2) is 18.2 Å². The standard InChI is InChI=1S/C14H17ClN2S/c1-8-6-5-7-12(13(8)15)16-9(2)14-10(3)18-11(4)17-14/h5-7,9,16H,1-4H3. The zero-order valence-corrected chi connectivity index (χ0v) is 12.6. The van der Waals surface area contributed by atoms with Crippen molar-refractivity contribution in [3.05, 3.63) is 44.4 Å². The molecule has 0 aliphatic heterocycles. The number of aromatic nitrogens is 1. The van der Waals surface area contributed by atoms with Crippen LogP contribution in [0.2, 0.25) is 5.02 Å². The number of anilines is 1. The maximum absolute atomic E-state index is 6.29. The van der Waals surface area contributed by atoms with E-state index in [1.807, 2.05) is 32.0 Å². The second kappa shape index (κ2) is 5.29. The fourth-order valence-electron chi connectivity index (χ4n) is 2.01. The molecular formula is C14H17ClN2S. The lowest BCUT2D eigenvalue weighted by atomic mass is 10.1. The quantitative estimate of drug-likeness (QED) is 0.865. The molecule has 4 heteroatoms. The molecule has 0 bridgehead atoms. The van der Waals surface area contributed by atoms with Gasteiger partial charge in [0.1, 0.15) is 0 Å². The van der Waals surface area contributed by atoms with Gasteiger partial charge in [-0.1, -0.05) is 23.7 Å². The third kappa shape index (κ3) is 2.68. The second-order valence-corrected chi connectivity index (χ2v) is 6.26. The van der Waals surface area contributed by atoms with Gasteiger partial charge in [0.15, 0.2) is 0 Å². The molecule has 96 valence electrons. The first-order chi connectivity index (χ1) is 8.49. The van der Waals surface area contributed by atoms with E-state index in [1.54, 1.807) is 11.3 Å². The van der Waals surface area contributed by atoms with E-state index in [1.165, 1.54) is 4.88 Å². The number of nitrogens with one attached hydrogen (secondary N) is 1. The van der Waals surface area contributed by atoms with Gasteiger partial charge in [0.05, 0.1) is 27.5 Å². The number of hydrogen-bond donors (Lipinski definition) is 1. The molecule has 1 aromatic carbocycles. The molecule has 2 rings (SSSR count). The molecule has 2 aromatic rings. The maximum Gasteiger partial charge on any atom is 0.0901 e. The average molecular weight is 281 g/mol. The van der Waals surface area contributed by atoms with Crippen LogP contribution in [0.25, 0.3) is 0 Å². The maximum atomic E-state index is 6.29. The van der Waals surface area contributed by atoms with E-state index < -0.39 is 0 Å². The third-order valence-electron chi connectivity index (χ3n) is 2.91. The van der Waals surface area contributed by atoms with Crippen molar-refractivity contribution in [2.24, 2.45) is 0 Å². The number of benzene rings is 1. The van der Waals surface area contributed by atoms with Crippen molar-refractivity contribution in [3.63, 3.8) is 0 Å². The fourth-order valence-corrected chi connectivity index (χ4v) is 3.10. The van der Waals surface area contributed by atoms with Crippen LogP contribution in [0.5, 0.6) is 0 Å². The lowest BCUT2D eigenvalue weighted by molar-refractivity contribution is 0.837. The lowest BCUT2D eigenvalue weighted by Gasteiger charge is -2.16. The van der Waals surface area contributed by atoms with Crippen LogP contribution in [0.4, 0.5) is 5.69 Å². The highest BCUT2D eigenvalue weighted by molar-refractivity contribution is 7.11. The van der Waals surface area contributed by atoms with Crippen LogP contribution in [-0.2, 0) is 0 Å². The Kier molecular flexibility index (Phi) is 3.93. The van der Waals surface area contributed by atoms with E-state index in [0.717, 1.165) is 27.0 Å². The lowest BCUT2D eigenvalue weighted by Crippen LogP contribution is -2.08. The molecule has 1 atom stereocenters. The molecule has 0 fully saturated rings. The van der Waals surface area contributed by atoms with Crippen LogP contribution in [0.1, 0.15) is 34.1 Å². The second-order valence-electron chi connectivity index (χ2n) is 4.48. The van der Waals surface area contributed by atoms with Crippen molar-refractivity contribution in [3.8, 4) is 0 Å². The van der Waals surface area contributed by atoms with Gasteiger partial charge in [-0.25, -0.2) is 4.98 Å². The first kappa shape index (κ1) is 13.4. The molecule has 0 saturated carbocycles. The molecule has 0 amide bonds. The number of thiazole rings is 1. The van der Waals surface area contributed by atoms with Gasteiger partial charge in [0, 0.05) is 4.88 Å². The van der Waals surface area contributed by atoms with Crippen LogP contribution >= 0.6 is 22.9 Å². The van der Waals surface area contributed by atoms with E-state index >= 15 is 0 Å². The Hall–Kier alpha value is -1.06. The van der Waals surface area contributed by atoms with E-state index in [9.17, 15) is 0 Å². The van der Waals surface area contributed by atoms with Crippen molar-refractivity contribution in [2.75, 3.05) is 5.32 Å². The van der Waals surface area contributed by atoms with Gasteiger partial charge in [-0.3, -0.25) is 0 Å². The molecule has 18 heavy (non-hydrogen) atoms. The van der Waals surface area contributed by atoms with Gasteiger partial charge < -0.3 is 5.32 Å². The van der Waals surface area contributed by atoms with Crippen molar-refractivity contribution in [2.45, 2.75) is 33.7 Å². The molecule has 0 spiro atoms. The van der Waals surface area contributed by atoms with Crippen molar-refractivity contribution in [1.82, 2.24) is 4.98 Å². The molecule has 2 nitrogen and oxygen atoms in total. The van der Waals surface area contributed by atoms with Crippen LogP contribution in [0.3, 0.4) is 0 Å². The smallest absolute Gasteiger partial charge is 0.0901 e. The fraction of sp³-hybridized carbons (Fsp3) is 0.357. The summed E-state index contributed by atoms with van der Waals surface area (Å²) >= 11 is 8.02. The summed E-state index contributed by atoms with van der Waals surface area (Å²) in [5, 5.41) is 5.32. The Morgan fingerprint density at radius 3 is 2.61 bits per heavy atom. The molecule has 0 saturated heterocycles. The summed E-state index contributed by atoms with van der Waals surface area (Å²) in [7, 11) is 0. The monoisotopic (exact) mass is 280 g/mol. The minimum atomic E-state index is 0.161. The van der Waals surface area contributed by atoms with Gasteiger partial charge in [-0.15, -0.1) is 11.3 Å². The molecule has 1 unspecified atom stereocenters. The summed E-state index contributed by atoms with van der Waals surface area (Å²) in [5.41, 5.74) is 3.16. The van der Waals surface area contributed by atoms with Gasteiger partial charge in [-0.2, -0.15) is 0 Å². The summed E-state index contributed by atoms with van der Waals surface area (Å²) in [6.45, 7) is 8.26. The van der Waals surface area contributed by atoms with Gasteiger partial charge in [0.25, 0.3) is 0 Å². The highest BCUT2D eigenvalue weighted by atomic mass is 35.5. The summed E-state index contributed by atoms with van der Waals surface area (Å²) in [6.07, 6.45) is 0. The van der Waals surface area contributed by atoms with Crippen LogP contribution < -0.4 is 5.32 Å². The Labute approximate surface area is 117 Å². The molecule has 0 aliphatic rings. The molecule has 1 aromatic heterocycles. The number of halogens is 1. The first-order valence-corrected chi connectivity index (χ1v) is 7.14. The number of rotatable bonds is 3. The van der Waals surface area contributed by atoms with Crippen molar-refractivity contribution < 1.29 is 0 Å². The molecule has 1 N–H and O–H groups in total. The molecule has 0 radical (unpaired) electrons. The molecule has 0 aliphatic carbocycles. The predicted molar refractivity (Wildman–Crippen MR) is 79.8 cm³/mol. The highest BCUT2D eigenvalue weighted by Crippen LogP contribution is 2.30. The van der Waals surface area contributed by atoms with E-state index in [2.05, 4.69) is 24.1 Å². The Balaban J connectivity index is 2.24. The summed E-state index contributed by atoms with van der Waals surface area (Å²) in [5.74, 6) is 0. The van der Waals surface area contributed by atoms with Gasteiger partial charge >= 0.3 is 0 Å². The summed E-state index contributed by atoms with van der Waals surface area (Å²) < 4.78 is 0. The summed E-state index contributed by atoms with van der Waals surface area (Å²) in [4.78, 5) is 5.83. The SMILES string of the molecule is Cc1nc(C(C)Nc2cccc(C)c2Cl)c(C)s1. The number of hydrogen-bond acceptors (Lipinski definition) is 3. The van der Waals surface area contributed by atoms with Crippen molar-refractivity contribution >= 4 is 28.6 Å². The normalized spacial score (nSPS) is 12.5. The Morgan fingerprint density at radius 1 is 1.28 bits per heavy atom. The molecular weight excluding hydrogens is 264 g/mol. The van der Waals surface area contributed by atoms with E-state index in [4.69, 9.17) is 11.6 Å². The van der Waals surface area contributed by atoms with E-state index in [0.29, 0.717) is 0 Å². The zero-order valence-electron chi connectivity index (χ0n) is 11.0. The predicted octanol–water partition coefficient (Wildman–Crippen LogP) is 4.89. The van der Waals surface area contributed by atoms with E-state index in [-0.39, 0.29) is 6.04 Å². The minimum absolute atomic E-state index is 0.161. The Bertz CT molecular complexity index is 563. The average Bonchev–Trinajstić information content (AvgIpc) is 2.64. The highest BCUT2D eigenvalue weighted by Gasteiger charge is 2.14. The minimum Gasteiger partial charge on any atom is -0.376 e. The van der Waals surface area contributed by atoms with Gasteiger partial charge in [0.2, 0.25) is 0 Å². The topological polar surface area (TPSA) is 24.9 Å². The number of nitrogens with zero attached hydrogens (tertiary/aromatic N) is 1. The number of aryl methyl sites for hydroxylation is 3.